The second kappa shape index (κ2) is 5.44. The molecule has 1 aromatic heterocycles. The fraction of sp³-hybridized carbons (Fsp3) is 0.455. The van der Waals surface area contributed by atoms with E-state index in [4.69, 9.17) is 5.73 Å². The summed E-state index contributed by atoms with van der Waals surface area (Å²) in [4.78, 5) is 35.5. The van der Waals surface area contributed by atoms with E-state index in [-0.39, 0.29) is 18.1 Å². The van der Waals surface area contributed by atoms with E-state index in [1.54, 1.807) is 20.2 Å². The second-order valence-electron chi connectivity index (χ2n) is 4.19. The van der Waals surface area contributed by atoms with E-state index in [0.717, 1.165) is 4.68 Å². The number of rotatable bonds is 4. The number of hydrogen-bond acceptors (Lipinski definition) is 4. The van der Waals surface area contributed by atoms with Crippen molar-refractivity contribution in [3.63, 3.8) is 0 Å². The van der Waals surface area contributed by atoms with Crippen LogP contribution in [0.2, 0.25) is 0 Å². The van der Waals surface area contributed by atoms with Gasteiger partial charge in [0.2, 0.25) is 5.91 Å². The maximum Gasteiger partial charge on any atom is 0.339 e. The summed E-state index contributed by atoms with van der Waals surface area (Å²) < 4.78 is 0.965. The van der Waals surface area contributed by atoms with Crippen LogP contribution in [0.25, 0.3) is 0 Å². The molecule has 0 aliphatic carbocycles. The zero-order chi connectivity index (χ0) is 13.9. The van der Waals surface area contributed by atoms with Crippen LogP contribution in [-0.4, -0.2) is 46.5 Å². The van der Waals surface area contributed by atoms with Crippen LogP contribution >= 0.6 is 0 Å². The third-order valence-corrected chi connectivity index (χ3v) is 2.51. The first kappa shape index (κ1) is 13.9. The summed E-state index contributed by atoms with van der Waals surface area (Å²) in [5.74, 6) is -1.30. The number of nitrogens with two attached hydrogens (primary N) is 1. The summed E-state index contributed by atoms with van der Waals surface area (Å²) in [7, 11) is 3.17. The van der Waals surface area contributed by atoms with Crippen molar-refractivity contribution in [2.24, 2.45) is 11.7 Å². The first-order valence-electron chi connectivity index (χ1n) is 5.39. The third kappa shape index (κ3) is 3.16. The maximum absolute atomic E-state index is 11.8. The lowest BCUT2D eigenvalue weighted by molar-refractivity contribution is -0.138. The van der Waals surface area contributed by atoms with Crippen molar-refractivity contribution in [3.05, 3.63) is 18.0 Å². The normalized spacial score (nSPS) is 11.9. The number of carbonyl (C=O) groups excluding carboxylic acids is 3. The fourth-order valence-electron chi connectivity index (χ4n) is 1.52. The van der Waals surface area contributed by atoms with Crippen molar-refractivity contribution in [2.75, 3.05) is 14.1 Å². The first-order valence-corrected chi connectivity index (χ1v) is 5.39. The van der Waals surface area contributed by atoms with Gasteiger partial charge in [0.25, 0.3) is 0 Å². The highest BCUT2D eigenvalue weighted by Gasteiger charge is 2.26. The average Bonchev–Trinajstić information content (AvgIpc) is 2.72. The molecule has 0 saturated carbocycles. The molecule has 18 heavy (non-hydrogen) atoms. The molecule has 0 fully saturated rings. The van der Waals surface area contributed by atoms with Gasteiger partial charge in [0.05, 0.1) is 5.69 Å². The molecule has 2 amide bonds. The van der Waals surface area contributed by atoms with Crippen molar-refractivity contribution in [3.8, 4) is 0 Å². The van der Waals surface area contributed by atoms with Gasteiger partial charge >= 0.3 is 6.03 Å². The predicted molar refractivity (Wildman–Crippen MR) is 63.8 cm³/mol. The molecule has 7 heteroatoms. The molecule has 0 aliphatic heterocycles. The fourth-order valence-corrected chi connectivity index (χ4v) is 1.52. The summed E-state index contributed by atoms with van der Waals surface area (Å²) in [5.41, 5.74) is 5.52. The highest BCUT2D eigenvalue weighted by atomic mass is 16.2. The minimum atomic E-state index is -0.781. The van der Waals surface area contributed by atoms with Crippen molar-refractivity contribution in [1.29, 1.82) is 0 Å². The van der Waals surface area contributed by atoms with Gasteiger partial charge in [0.15, 0.2) is 0 Å². The van der Waals surface area contributed by atoms with E-state index in [1.807, 2.05) is 0 Å². The number of ketones is 1. The Kier molecular flexibility index (Phi) is 4.19. The first-order chi connectivity index (χ1) is 8.32. The number of aromatic nitrogens is 2. The third-order valence-electron chi connectivity index (χ3n) is 2.51. The van der Waals surface area contributed by atoms with E-state index in [2.05, 4.69) is 5.10 Å². The second-order valence-corrected chi connectivity index (χ2v) is 4.19. The van der Waals surface area contributed by atoms with Crippen molar-refractivity contribution in [1.82, 2.24) is 14.7 Å². The van der Waals surface area contributed by atoms with E-state index in [0.29, 0.717) is 5.69 Å². The molecule has 0 saturated heterocycles. The molecule has 2 N–H and O–H groups in total. The highest BCUT2D eigenvalue weighted by Crippen LogP contribution is 2.10. The van der Waals surface area contributed by atoms with E-state index < -0.39 is 11.9 Å². The Morgan fingerprint density at radius 2 is 2.06 bits per heavy atom. The number of primary amides is 1. The molecule has 1 atom stereocenters. The molecular weight excluding hydrogens is 236 g/mol. The lowest BCUT2D eigenvalue weighted by atomic mass is 9.98. The van der Waals surface area contributed by atoms with E-state index in [9.17, 15) is 14.4 Å². The topological polar surface area (TPSA) is 98.3 Å². The van der Waals surface area contributed by atoms with Crippen LogP contribution in [0.5, 0.6) is 0 Å². The van der Waals surface area contributed by atoms with Gasteiger partial charge in [-0.1, -0.05) is 0 Å². The number of amides is 2. The monoisotopic (exact) mass is 252 g/mol. The van der Waals surface area contributed by atoms with Crippen LogP contribution in [0.3, 0.4) is 0 Å². The SMILES string of the molecule is CC(=O)[C@H](Cc1ccn(C(N)=O)n1)C(=O)N(C)C. The van der Waals surface area contributed by atoms with Crippen molar-refractivity contribution < 1.29 is 14.4 Å². The number of carbonyl (C=O) groups is 3. The Morgan fingerprint density at radius 1 is 1.44 bits per heavy atom. The van der Waals surface area contributed by atoms with Gasteiger partial charge in [-0.25, -0.2) is 4.79 Å². The minimum Gasteiger partial charge on any atom is -0.350 e. The molecule has 0 aromatic carbocycles. The summed E-state index contributed by atoms with van der Waals surface area (Å²) in [6, 6.07) is 0.850. The standard InChI is InChI=1S/C11H16N4O3/c1-7(16)9(10(17)14(2)3)6-8-4-5-15(13-8)11(12)18/h4-5,9H,6H2,1-3H3,(H2,12,18)/t9-/m0/s1. The molecule has 0 aliphatic rings. The van der Waals surface area contributed by atoms with Crippen LogP contribution in [0.15, 0.2) is 12.3 Å². The molecule has 0 radical (unpaired) electrons. The Balaban J connectivity index is 2.87. The smallest absolute Gasteiger partial charge is 0.339 e. The molecule has 0 bridgehead atoms. The molecule has 98 valence electrons. The van der Waals surface area contributed by atoms with Gasteiger partial charge in [-0.2, -0.15) is 9.78 Å². The predicted octanol–water partition coefficient (Wildman–Crippen LogP) is -0.354. The molecule has 7 nitrogen and oxygen atoms in total. The van der Waals surface area contributed by atoms with Gasteiger partial charge in [0.1, 0.15) is 11.7 Å². The molecule has 0 spiro atoms. The molecule has 1 rings (SSSR count). The highest BCUT2D eigenvalue weighted by molar-refractivity contribution is 6.00. The van der Waals surface area contributed by atoms with Gasteiger partial charge in [-0.3, -0.25) is 9.59 Å². The van der Waals surface area contributed by atoms with Gasteiger partial charge in [0, 0.05) is 26.7 Å². The minimum absolute atomic E-state index is 0.159. The van der Waals surface area contributed by atoms with Gasteiger partial charge in [-0.15, -0.1) is 0 Å². The van der Waals surface area contributed by atoms with Crippen molar-refractivity contribution in [2.45, 2.75) is 13.3 Å². The maximum atomic E-state index is 11.8. The Morgan fingerprint density at radius 3 is 2.44 bits per heavy atom. The summed E-state index contributed by atoms with van der Waals surface area (Å²) >= 11 is 0. The quantitative estimate of drug-likeness (QED) is 0.740. The Hall–Kier alpha value is -2.18. The Labute approximate surface area is 105 Å². The summed E-state index contributed by atoms with van der Waals surface area (Å²) in [6.45, 7) is 1.36. The van der Waals surface area contributed by atoms with Crippen LogP contribution in [0, 0.1) is 5.92 Å². The molecule has 0 unspecified atom stereocenters. The Bertz CT molecular complexity index is 478. The molecular formula is C11H16N4O3. The van der Waals surface area contributed by atoms with Crippen LogP contribution in [-0.2, 0) is 16.0 Å². The van der Waals surface area contributed by atoms with Crippen LogP contribution in [0.4, 0.5) is 4.79 Å². The lowest BCUT2D eigenvalue weighted by Gasteiger charge is -2.17. The average molecular weight is 252 g/mol. The largest absolute Gasteiger partial charge is 0.350 e. The molecule has 1 aromatic rings. The zero-order valence-electron chi connectivity index (χ0n) is 10.6. The number of hydrogen-bond donors (Lipinski definition) is 1. The summed E-state index contributed by atoms with van der Waals surface area (Å²) in [6.07, 6.45) is 1.56. The van der Waals surface area contributed by atoms with E-state index >= 15 is 0 Å². The summed E-state index contributed by atoms with van der Waals surface area (Å²) in [5, 5.41) is 3.89. The van der Waals surface area contributed by atoms with Crippen LogP contribution in [0.1, 0.15) is 12.6 Å². The van der Waals surface area contributed by atoms with E-state index in [1.165, 1.54) is 18.0 Å². The van der Waals surface area contributed by atoms with Crippen molar-refractivity contribution >= 4 is 17.7 Å². The zero-order valence-corrected chi connectivity index (χ0v) is 10.6. The molecule has 1 heterocycles. The number of nitrogens with zero attached hydrogens (tertiary/aromatic N) is 3. The number of Topliss-reactive ketones (excluding diaryl/α,β-unsaturated/α-hetero) is 1. The lowest BCUT2D eigenvalue weighted by Crippen LogP contribution is -2.35. The van der Waals surface area contributed by atoms with Crippen LogP contribution < -0.4 is 5.73 Å². The van der Waals surface area contributed by atoms with Gasteiger partial charge in [-0.05, 0) is 13.0 Å². The van der Waals surface area contributed by atoms with Gasteiger partial charge < -0.3 is 10.6 Å².